The number of hydrogen-bond acceptors (Lipinski definition) is 5. The number of anilines is 2. The smallest absolute Gasteiger partial charge is 0.412 e. The first-order valence-electron chi connectivity index (χ1n) is 15.2. The maximum Gasteiger partial charge on any atom is 0.412 e. The lowest BCUT2D eigenvalue weighted by Crippen LogP contribution is -2.38. The fourth-order valence-electron chi connectivity index (χ4n) is 5.64. The minimum atomic E-state index is -0.648. The fraction of sp³-hybridized carbons (Fsp3) is 0.371. The van der Waals surface area contributed by atoms with E-state index in [1.165, 1.54) is 18.5 Å². The zero-order valence-corrected chi connectivity index (χ0v) is 25.2. The van der Waals surface area contributed by atoms with Crippen LogP contribution in [0.3, 0.4) is 0 Å². The molecule has 2 fully saturated rings. The molecule has 3 aromatic carbocycles. The molecule has 0 bridgehead atoms. The third-order valence-corrected chi connectivity index (χ3v) is 7.95. The Hall–Kier alpha value is -4.14. The molecule has 2 aliphatic rings. The lowest BCUT2D eigenvalue weighted by atomic mass is 10.0. The van der Waals surface area contributed by atoms with Crippen LogP contribution in [-0.4, -0.2) is 59.9 Å². The Morgan fingerprint density at radius 1 is 0.860 bits per heavy atom. The van der Waals surface area contributed by atoms with E-state index >= 15 is 0 Å². The van der Waals surface area contributed by atoms with Gasteiger partial charge in [-0.3, -0.25) is 15.0 Å². The molecule has 0 radical (unpaired) electrons. The molecule has 1 aliphatic carbocycles. The van der Waals surface area contributed by atoms with Gasteiger partial charge in [-0.15, -0.1) is 0 Å². The Labute approximate surface area is 253 Å². The highest BCUT2D eigenvalue weighted by Gasteiger charge is 2.28. The normalized spacial score (nSPS) is 15.8. The van der Waals surface area contributed by atoms with E-state index in [2.05, 4.69) is 32.2 Å². The maximum absolute atomic E-state index is 13.7. The van der Waals surface area contributed by atoms with E-state index in [9.17, 15) is 9.59 Å². The van der Waals surface area contributed by atoms with Crippen molar-refractivity contribution in [2.45, 2.75) is 51.7 Å². The SMILES string of the molecule is CC(C)(C)OC(=O)Nc1ccc(-c2ccccc2)cc1NC(=O)c1ccc2c(c1)cc(C1CC1)n2CCN1CCOCC1. The van der Waals surface area contributed by atoms with Crippen LogP contribution in [0.1, 0.15) is 55.6 Å². The quantitative estimate of drug-likeness (QED) is 0.232. The van der Waals surface area contributed by atoms with Crippen LogP contribution in [0.15, 0.2) is 72.8 Å². The molecule has 4 aromatic rings. The molecule has 2 amide bonds. The molecule has 6 rings (SSSR count). The number of nitrogens with one attached hydrogen (secondary N) is 2. The zero-order valence-electron chi connectivity index (χ0n) is 25.2. The third kappa shape index (κ3) is 7.09. The van der Waals surface area contributed by atoms with Gasteiger partial charge >= 0.3 is 6.09 Å². The average molecular weight is 581 g/mol. The van der Waals surface area contributed by atoms with Crippen molar-refractivity contribution in [1.29, 1.82) is 0 Å². The van der Waals surface area contributed by atoms with Crippen LogP contribution in [0.5, 0.6) is 0 Å². The van der Waals surface area contributed by atoms with E-state index in [0.29, 0.717) is 22.9 Å². The fourth-order valence-corrected chi connectivity index (χ4v) is 5.64. The van der Waals surface area contributed by atoms with Gasteiger partial charge in [0.2, 0.25) is 0 Å². The first-order chi connectivity index (χ1) is 20.7. The summed E-state index contributed by atoms with van der Waals surface area (Å²) < 4.78 is 13.4. The Balaban J connectivity index is 1.26. The van der Waals surface area contributed by atoms with Crippen LogP contribution in [0.4, 0.5) is 16.2 Å². The molecule has 0 unspecified atom stereocenters. The second-order valence-electron chi connectivity index (χ2n) is 12.4. The van der Waals surface area contributed by atoms with E-state index < -0.39 is 11.7 Å². The molecule has 1 aromatic heterocycles. The van der Waals surface area contributed by atoms with E-state index in [1.54, 1.807) is 6.07 Å². The topological polar surface area (TPSA) is 84.8 Å². The van der Waals surface area contributed by atoms with E-state index in [4.69, 9.17) is 9.47 Å². The van der Waals surface area contributed by atoms with Crippen LogP contribution < -0.4 is 10.6 Å². The number of carbonyl (C=O) groups excluding carboxylic acids is 2. The summed E-state index contributed by atoms with van der Waals surface area (Å²) in [7, 11) is 0. The van der Waals surface area contributed by atoms with Crippen LogP contribution in [0.25, 0.3) is 22.0 Å². The molecule has 1 aliphatic heterocycles. The lowest BCUT2D eigenvalue weighted by Gasteiger charge is -2.27. The summed E-state index contributed by atoms with van der Waals surface area (Å²) in [5, 5.41) is 6.94. The molecular formula is C35H40N4O4. The highest BCUT2D eigenvalue weighted by molar-refractivity contribution is 6.09. The van der Waals surface area contributed by atoms with Gasteiger partial charge in [-0.05, 0) is 87.1 Å². The number of aromatic nitrogens is 1. The Kier molecular flexibility index (Phi) is 8.23. The third-order valence-electron chi connectivity index (χ3n) is 7.95. The second-order valence-corrected chi connectivity index (χ2v) is 12.4. The molecule has 1 saturated carbocycles. The van der Waals surface area contributed by atoms with Crippen LogP contribution >= 0.6 is 0 Å². The van der Waals surface area contributed by atoms with Crippen LogP contribution in [0.2, 0.25) is 0 Å². The van der Waals surface area contributed by atoms with Gasteiger partial charge in [-0.2, -0.15) is 0 Å². The molecule has 2 N–H and O–H groups in total. The van der Waals surface area contributed by atoms with E-state index in [-0.39, 0.29) is 5.91 Å². The van der Waals surface area contributed by atoms with Crippen molar-refractivity contribution in [3.63, 3.8) is 0 Å². The van der Waals surface area contributed by atoms with E-state index in [1.807, 2.05) is 75.4 Å². The molecule has 224 valence electrons. The predicted octanol–water partition coefficient (Wildman–Crippen LogP) is 7.12. The minimum absolute atomic E-state index is 0.242. The van der Waals surface area contributed by atoms with Crippen LogP contribution in [-0.2, 0) is 16.0 Å². The predicted molar refractivity (Wildman–Crippen MR) is 171 cm³/mol. The molecule has 0 atom stereocenters. The van der Waals surface area contributed by atoms with Crippen molar-refractivity contribution in [3.8, 4) is 11.1 Å². The maximum atomic E-state index is 13.7. The summed E-state index contributed by atoms with van der Waals surface area (Å²) in [6.07, 6.45) is 1.85. The Bertz CT molecular complexity index is 1610. The van der Waals surface area contributed by atoms with Gasteiger partial charge in [0.25, 0.3) is 5.91 Å². The summed E-state index contributed by atoms with van der Waals surface area (Å²) in [5.74, 6) is 0.352. The van der Waals surface area contributed by atoms with Gasteiger partial charge in [0.15, 0.2) is 0 Å². The number of nitrogens with zero attached hydrogens (tertiary/aromatic N) is 2. The number of amides is 2. The van der Waals surface area contributed by atoms with Crippen molar-refractivity contribution >= 4 is 34.3 Å². The Morgan fingerprint density at radius 2 is 1.63 bits per heavy atom. The van der Waals surface area contributed by atoms with Gasteiger partial charge in [0.1, 0.15) is 5.60 Å². The second kappa shape index (κ2) is 12.2. The van der Waals surface area contributed by atoms with Gasteiger partial charge in [-0.1, -0.05) is 36.4 Å². The first kappa shape index (κ1) is 29.0. The molecule has 8 nitrogen and oxygen atoms in total. The highest BCUT2D eigenvalue weighted by atomic mass is 16.6. The molecule has 0 spiro atoms. The van der Waals surface area contributed by atoms with Crippen molar-refractivity contribution in [3.05, 3.63) is 84.1 Å². The number of hydrogen-bond donors (Lipinski definition) is 2. The monoisotopic (exact) mass is 580 g/mol. The van der Waals surface area contributed by atoms with E-state index in [0.717, 1.165) is 61.4 Å². The minimum Gasteiger partial charge on any atom is -0.444 e. The summed E-state index contributed by atoms with van der Waals surface area (Å²) in [4.78, 5) is 28.7. The Morgan fingerprint density at radius 3 is 2.35 bits per heavy atom. The summed E-state index contributed by atoms with van der Waals surface area (Å²) in [5.41, 5.74) is 5.33. The lowest BCUT2D eigenvalue weighted by molar-refractivity contribution is 0.0364. The zero-order chi connectivity index (χ0) is 30.0. The first-order valence-corrected chi connectivity index (χ1v) is 15.2. The molecular weight excluding hydrogens is 540 g/mol. The van der Waals surface area contributed by atoms with Crippen molar-refractivity contribution < 1.29 is 19.1 Å². The summed E-state index contributed by atoms with van der Waals surface area (Å²) >= 11 is 0. The average Bonchev–Trinajstić information content (AvgIpc) is 3.77. The highest BCUT2D eigenvalue weighted by Crippen LogP contribution is 2.42. The number of morpholine rings is 1. The van der Waals surface area contributed by atoms with Crippen molar-refractivity contribution in [1.82, 2.24) is 9.47 Å². The summed E-state index contributed by atoms with van der Waals surface area (Å²) in [6, 6.07) is 23.7. The van der Waals surface area contributed by atoms with Gasteiger partial charge < -0.3 is 19.4 Å². The molecule has 1 saturated heterocycles. The van der Waals surface area contributed by atoms with Gasteiger partial charge in [0, 0.05) is 48.3 Å². The molecule has 8 heteroatoms. The number of ether oxygens (including phenoxy) is 2. The molecule has 2 heterocycles. The number of benzene rings is 3. The van der Waals surface area contributed by atoms with Gasteiger partial charge in [-0.25, -0.2) is 4.79 Å². The van der Waals surface area contributed by atoms with Gasteiger partial charge in [0.05, 0.1) is 24.6 Å². The largest absolute Gasteiger partial charge is 0.444 e. The molecule has 43 heavy (non-hydrogen) atoms. The van der Waals surface area contributed by atoms with Crippen molar-refractivity contribution in [2.75, 3.05) is 43.5 Å². The number of rotatable bonds is 8. The van der Waals surface area contributed by atoms with Crippen molar-refractivity contribution in [2.24, 2.45) is 0 Å². The number of carbonyl (C=O) groups is 2. The number of fused-ring (bicyclic) bond motifs is 1. The summed E-state index contributed by atoms with van der Waals surface area (Å²) in [6.45, 7) is 10.9. The van der Waals surface area contributed by atoms with Crippen LogP contribution in [0, 0.1) is 0 Å². The standard InChI is InChI=1S/C35H40N4O4/c1-35(2,3)43-34(41)37-29-13-11-26(24-7-5-4-6-8-24)22-30(29)36-33(40)27-12-14-31-28(21-27)23-32(25-9-10-25)39(31)16-15-38-17-19-42-20-18-38/h4-8,11-14,21-23,25H,9-10,15-20H2,1-3H3,(H,36,40)(H,37,41).